The highest BCUT2D eigenvalue weighted by Gasteiger charge is 2.48. The van der Waals surface area contributed by atoms with Crippen LogP contribution in [0.5, 0.6) is 11.5 Å². The molecular weight excluding hydrogens is 501 g/mol. The average Bonchev–Trinajstić information content (AvgIpc) is 3.27. The number of aromatic amines is 1. The molecule has 0 spiro atoms. The molecule has 1 fully saturated rings. The predicted octanol–water partition coefficient (Wildman–Crippen LogP) is 3.89. The topological polar surface area (TPSA) is 109 Å². The molecule has 2 aromatic heterocycles. The fourth-order valence-electron chi connectivity index (χ4n) is 5.20. The Labute approximate surface area is 226 Å². The molecule has 2 aliphatic rings. The van der Waals surface area contributed by atoms with Crippen LogP contribution in [0.4, 0.5) is 15.8 Å². The SMILES string of the molecule is CC#CC(=O)N1CC(C)(C)[C@H]1COc1cnccc1-c1[nH]c2c(c1Nc1cccc(F)c1OC)C(=O)NCC2. The van der Waals surface area contributed by atoms with Gasteiger partial charge in [0.1, 0.15) is 12.4 Å². The number of methoxy groups -OCH3 is 1. The van der Waals surface area contributed by atoms with Crippen molar-refractivity contribution < 1.29 is 23.5 Å². The molecule has 202 valence electrons. The Kier molecular flexibility index (Phi) is 6.91. The number of aromatic nitrogens is 2. The standard InChI is InChI=1S/C29H30FN5O4/c1-5-7-23(36)35-16-29(2,3)22(35)15-39-21-14-31-12-10-17(21)25-26(24-19(33-25)11-13-32-28(24)37)34-20-9-6-8-18(30)27(20)38-4/h6,8-10,12,14,22,33-34H,11,13,15-16H2,1-4H3,(H,32,37)/t22-/m1/s1. The Morgan fingerprint density at radius 1 is 1.33 bits per heavy atom. The number of ether oxygens (including phenoxy) is 2. The number of benzene rings is 1. The van der Waals surface area contributed by atoms with Crippen LogP contribution in [0.2, 0.25) is 0 Å². The molecule has 0 bridgehead atoms. The normalized spacial score (nSPS) is 17.2. The summed E-state index contributed by atoms with van der Waals surface area (Å²) in [4.78, 5) is 34.8. The van der Waals surface area contributed by atoms with Gasteiger partial charge in [-0.1, -0.05) is 25.8 Å². The van der Waals surface area contributed by atoms with E-state index < -0.39 is 5.82 Å². The number of fused-ring (bicyclic) bond motifs is 1. The smallest absolute Gasteiger partial charge is 0.298 e. The zero-order chi connectivity index (χ0) is 27.7. The van der Waals surface area contributed by atoms with E-state index in [0.717, 1.165) is 5.69 Å². The first kappa shape index (κ1) is 26.1. The van der Waals surface area contributed by atoms with Crippen molar-refractivity contribution in [1.29, 1.82) is 0 Å². The van der Waals surface area contributed by atoms with E-state index in [-0.39, 0.29) is 35.6 Å². The first-order valence-corrected chi connectivity index (χ1v) is 12.7. The van der Waals surface area contributed by atoms with Gasteiger partial charge in [0.05, 0.1) is 42.0 Å². The maximum absolute atomic E-state index is 14.5. The summed E-state index contributed by atoms with van der Waals surface area (Å²) in [6, 6.07) is 6.17. The highest BCUT2D eigenvalue weighted by atomic mass is 19.1. The van der Waals surface area contributed by atoms with Gasteiger partial charge in [0.15, 0.2) is 11.6 Å². The van der Waals surface area contributed by atoms with Crippen LogP contribution in [0, 0.1) is 23.1 Å². The molecule has 9 nitrogen and oxygen atoms in total. The molecule has 0 unspecified atom stereocenters. The first-order chi connectivity index (χ1) is 18.7. The lowest BCUT2D eigenvalue weighted by molar-refractivity contribution is -0.147. The van der Waals surface area contributed by atoms with Crippen molar-refractivity contribution in [3.05, 3.63) is 53.7 Å². The van der Waals surface area contributed by atoms with E-state index in [0.29, 0.717) is 53.5 Å². The minimum Gasteiger partial charge on any atom is -0.492 e. The van der Waals surface area contributed by atoms with Gasteiger partial charge in [-0.05, 0) is 31.0 Å². The van der Waals surface area contributed by atoms with Gasteiger partial charge < -0.3 is 30.0 Å². The lowest BCUT2D eigenvalue weighted by Gasteiger charge is -2.53. The third-order valence-corrected chi connectivity index (χ3v) is 7.20. The molecule has 0 saturated carbocycles. The van der Waals surface area contributed by atoms with E-state index in [4.69, 9.17) is 9.47 Å². The number of nitrogens with zero attached hydrogens (tertiary/aromatic N) is 2. The second kappa shape index (κ2) is 10.3. The number of carbonyl (C=O) groups is 2. The van der Waals surface area contributed by atoms with Gasteiger partial charge in [0.2, 0.25) is 0 Å². The molecule has 3 N–H and O–H groups in total. The van der Waals surface area contributed by atoms with Gasteiger partial charge in [-0.2, -0.15) is 0 Å². The molecule has 3 aromatic rings. The van der Waals surface area contributed by atoms with Gasteiger partial charge in [0.25, 0.3) is 11.8 Å². The van der Waals surface area contributed by atoms with Crippen LogP contribution in [-0.2, 0) is 11.2 Å². The quantitative estimate of drug-likeness (QED) is 0.399. The van der Waals surface area contributed by atoms with E-state index in [1.165, 1.54) is 13.2 Å². The van der Waals surface area contributed by atoms with Crippen LogP contribution >= 0.6 is 0 Å². The fraction of sp³-hybridized carbons (Fsp3) is 0.345. The van der Waals surface area contributed by atoms with Crippen LogP contribution in [0.15, 0.2) is 36.7 Å². The highest BCUT2D eigenvalue weighted by Crippen LogP contribution is 2.43. The zero-order valence-electron chi connectivity index (χ0n) is 22.3. The summed E-state index contributed by atoms with van der Waals surface area (Å²) >= 11 is 0. The Bertz CT molecular complexity index is 1500. The molecule has 2 aliphatic heterocycles. The summed E-state index contributed by atoms with van der Waals surface area (Å²) in [5.41, 5.74) is 3.16. The lowest BCUT2D eigenvalue weighted by atomic mass is 9.75. The number of amides is 2. The number of pyridine rings is 1. The molecular formula is C29H30FN5O4. The summed E-state index contributed by atoms with van der Waals surface area (Å²) in [7, 11) is 1.39. The summed E-state index contributed by atoms with van der Waals surface area (Å²) in [6.07, 6.45) is 3.84. The minimum absolute atomic E-state index is 0.0352. The van der Waals surface area contributed by atoms with Gasteiger partial charge >= 0.3 is 0 Å². The van der Waals surface area contributed by atoms with Crippen molar-refractivity contribution in [2.45, 2.75) is 33.2 Å². The molecule has 2 amide bonds. The molecule has 5 rings (SSSR count). The van der Waals surface area contributed by atoms with Gasteiger partial charge in [-0.3, -0.25) is 14.6 Å². The number of carbonyl (C=O) groups excluding carboxylic acids is 2. The summed E-state index contributed by atoms with van der Waals surface area (Å²) in [6.45, 7) is 7.13. The molecule has 39 heavy (non-hydrogen) atoms. The maximum Gasteiger partial charge on any atom is 0.298 e. The number of rotatable bonds is 7. The third-order valence-electron chi connectivity index (χ3n) is 7.20. The Morgan fingerprint density at radius 2 is 2.15 bits per heavy atom. The average molecular weight is 532 g/mol. The number of H-pyrrole nitrogens is 1. The van der Waals surface area contributed by atoms with Crippen LogP contribution in [0.1, 0.15) is 36.8 Å². The number of para-hydroxylation sites is 1. The van der Waals surface area contributed by atoms with Crippen LogP contribution in [-0.4, -0.2) is 59.5 Å². The Morgan fingerprint density at radius 3 is 2.90 bits per heavy atom. The van der Waals surface area contributed by atoms with Crippen molar-refractivity contribution in [3.63, 3.8) is 0 Å². The van der Waals surface area contributed by atoms with Crippen molar-refractivity contribution in [2.24, 2.45) is 5.41 Å². The number of hydrogen-bond donors (Lipinski definition) is 3. The minimum atomic E-state index is -0.527. The number of likely N-dealkylation sites (tertiary alicyclic amines) is 1. The van der Waals surface area contributed by atoms with Gasteiger partial charge in [-0.15, -0.1) is 0 Å². The molecule has 10 heteroatoms. The van der Waals surface area contributed by atoms with E-state index in [1.54, 1.807) is 42.4 Å². The number of halogens is 1. The molecule has 0 aliphatic carbocycles. The number of nitrogens with one attached hydrogen (secondary N) is 3. The van der Waals surface area contributed by atoms with E-state index in [1.807, 2.05) is 0 Å². The molecule has 4 heterocycles. The van der Waals surface area contributed by atoms with Crippen molar-refractivity contribution in [3.8, 4) is 34.6 Å². The van der Waals surface area contributed by atoms with Crippen molar-refractivity contribution in [2.75, 3.05) is 32.1 Å². The number of anilines is 2. The second-order valence-corrected chi connectivity index (χ2v) is 10.2. The van der Waals surface area contributed by atoms with Crippen LogP contribution in [0.3, 0.4) is 0 Å². The summed E-state index contributed by atoms with van der Waals surface area (Å²) in [5, 5.41) is 6.11. The molecule has 0 radical (unpaired) electrons. The zero-order valence-corrected chi connectivity index (χ0v) is 22.3. The van der Waals surface area contributed by atoms with Crippen LogP contribution < -0.4 is 20.1 Å². The third kappa shape index (κ3) is 4.76. The Hall–Kier alpha value is -4.52. The monoisotopic (exact) mass is 531 g/mol. The Balaban J connectivity index is 1.52. The largest absolute Gasteiger partial charge is 0.492 e. The molecule has 1 saturated heterocycles. The maximum atomic E-state index is 14.5. The van der Waals surface area contributed by atoms with Crippen LogP contribution in [0.25, 0.3) is 11.3 Å². The summed E-state index contributed by atoms with van der Waals surface area (Å²) < 4.78 is 26.1. The molecule has 1 aromatic carbocycles. The van der Waals surface area contributed by atoms with E-state index >= 15 is 0 Å². The number of hydrogen-bond acceptors (Lipinski definition) is 6. The fourth-order valence-corrected chi connectivity index (χ4v) is 5.20. The first-order valence-electron chi connectivity index (χ1n) is 12.7. The highest BCUT2D eigenvalue weighted by molar-refractivity contribution is 6.06. The van der Waals surface area contributed by atoms with Gasteiger partial charge in [-0.25, -0.2) is 4.39 Å². The lowest BCUT2D eigenvalue weighted by Crippen LogP contribution is -2.65. The van der Waals surface area contributed by atoms with E-state index in [2.05, 4.69) is 46.3 Å². The molecule has 1 atom stereocenters. The van der Waals surface area contributed by atoms with E-state index in [9.17, 15) is 14.0 Å². The second-order valence-electron chi connectivity index (χ2n) is 10.2. The summed E-state index contributed by atoms with van der Waals surface area (Å²) in [5.74, 6) is 4.79. The van der Waals surface area contributed by atoms with Crippen molar-refractivity contribution >= 4 is 23.2 Å². The van der Waals surface area contributed by atoms with Gasteiger partial charge in [0, 0.05) is 42.4 Å². The predicted molar refractivity (Wildman–Crippen MR) is 145 cm³/mol. The van der Waals surface area contributed by atoms with Crippen molar-refractivity contribution in [1.82, 2.24) is 20.2 Å².